The predicted octanol–water partition coefficient (Wildman–Crippen LogP) is 4.59. The van der Waals surface area contributed by atoms with Crippen molar-refractivity contribution in [1.29, 1.82) is 0 Å². The van der Waals surface area contributed by atoms with Crippen LogP contribution in [0.15, 0.2) is 0 Å². The molecule has 0 aromatic rings. The first-order chi connectivity index (χ1) is 14.7. The zero-order chi connectivity index (χ0) is 24.8. The minimum absolute atomic E-state index is 0.0167. The molecule has 0 aromatic carbocycles. The molecule has 32 heavy (non-hydrogen) atoms. The van der Waals surface area contributed by atoms with Gasteiger partial charge in [0.15, 0.2) is 17.3 Å². The van der Waals surface area contributed by atoms with E-state index in [1.54, 1.807) is 13.8 Å². The summed E-state index contributed by atoms with van der Waals surface area (Å²) >= 11 is 0. The molecule has 0 spiro atoms. The van der Waals surface area contributed by atoms with E-state index in [4.69, 9.17) is 9.47 Å². The monoisotopic (exact) mass is 452 g/mol. The fourth-order valence-corrected chi connectivity index (χ4v) is 3.88. The van der Waals surface area contributed by atoms with Crippen LogP contribution >= 0.6 is 0 Å². The maximum atomic E-state index is 13.6. The normalized spacial score (nSPS) is 23.5. The van der Waals surface area contributed by atoms with E-state index in [1.165, 1.54) is 0 Å². The van der Waals surface area contributed by atoms with Crippen LogP contribution < -0.4 is 0 Å². The zero-order valence-corrected chi connectivity index (χ0v) is 20.9. The molecule has 0 heterocycles. The lowest BCUT2D eigenvalue weighted by molar-refractivity contribution is -0.158. The third-order valence-electron chi connectivity index (χ3n) is 5.77. The van der Waals surface area contributed by atoms with Crippen LogP contribution in [0.5, 0.6) is 0 Å². The molecule has 1 unspecified atom stereocenters. The van der Waals surface area contributed by atoms with Gasteiger partial charge in [-0.05, 0) is 30.6 Å². The Morgan fingerprint density at radius 1 is 0.875 bits per heavy atom. The van der Waals surface area contributed by atoms with Crippen molar-refractivity contribution in [1.82, 2.24) is 0 Å². The van der Waals surface area contributed by atoms with E-state index in [9.17, 15) is 24.0 Å². The van der Waals surface area contributed by atoms with Gasteiger partial charge in [0, 0.05) is 12.3 Å². The summed E-state index contributed by atoms with van der Waals surface area (Å²) < 4.78 is 10.6. The topological polar surface area (TPSA) is 104 Å². The number of Topliss-reactive ketones (excluding diaryl/α,β-unsaturated/α-hetero) is 4. The highest BCUT2D eigenvalue weighted by Gasteiger charge is 2.68. The molecule has 0 aliphatic heterocycles. The number of rotatable bonds is 12. The lowest BCUT2D eigenvalue weighted by Crippen LogP contribution is -2.54. The number of carbonyl (C=O) groups excluding carboxylic acids is 5. The third-order valence-corrected chi connectivity index (χ3v) is 5.77. The molecule has 0 N–H and O–H groups in total. The third kappa shape index (κ3) is 6.48. The Hall–Kier alpha value is -2.05. The second-order valence-electron chi connectivity index (χ2n) is 10.4. The largest absolute Gasteiger partial charge is 0.509 e. The molecule has 1 rings (SSSR count). The van der Waals surface area contributed by atoms with Gasteiger partial charge in [-0.15, -0.1) is 0 Å². The van der Waals surface area contributed by atoms with Crippen molar-refractivity contribution in [3.63, 3.8) is 0 Å². The zero-order valence-electron chi connectivity index (χ0n) is 20.9. The van der Waals surface area contributed by atoms with Crippen molar-refractivity contribution >= 4 is 29.3 Å². The molecular weight excluding hydrogens is 412 g/mol. The summed E-state index contributed by atoms with van der Waals surface area (Å²) in [6.45, 7) is 14.7. The Kier molecular flexibility index (Phi) is 10.2. The van der Waals surface area contributed by atoms with Gasteiger partial charge in [-0.25, -0.2) is 4.79 Å². The fraction of sp³-hybridized carbons (Fsp3) is 0.800. The average Bonchev–Trinajstić information content (AvgIpc) is 2.89. The second-order valence-corrected chi connectivity index (χ2v) is 10.4. The van der Waals surface area contributed by atoms with Crippen LogP contribution in [0, 0.1) is 35.5 Å². The lowest BCUT2D eigenvalue weighted by Gasteiger charge is -2.31. The molecule has 0 saturated heterocycles. The minimum atomic E-state index is -2.30. The van der Waals surface area contributed by atoms with Gasteiger partial charge in [0.1, 0.15) is 5.92 Å². The van der Waals surface area contributed by atoms with Gasteiger partial charge in [-0.3, -0.25) is 19.2 Å². The summed E-state index contributed by atoms with van der Waals surface area (Å²) in [5.74, 6) is -5.69. The van der Waals surface area contributed by atoms with E-state index in [0.717, 1.165) is 0 Å². The molecule has 1 aliphatic carbocycles. The number of ether oxygens (including phenoxy) is 2. The first kappa shape index (κ1) is 28.0. The van der Waals surface area contributed by atoms with Crippen LogP contribution in [0.2, 0.25) is 0 Å². The molecule has 182 valence electrons. The Morgan fingerprint density at radius 2 is 1.44 bits per heavy atom. The number of ketones is 4. The van der Waals surface area contributed by atoms with E-state index < -0.39 is 52.6 Å². The number of hydrogen-bond acceptors (Lipinski definition) is 7. The maximum Gasteiger partial charge on any atom is 0.509 e. The van der Waals surface area contributed by atoms with Crippen molar-refractivity contribution in [2.45, 2.75) is 86.7 Å². The molecule has 0 amide bonds. The van der Waals surface area contributed by atoms with Crippen LogP contribution in [0.25, 0.3) is 0 Å². The summed E-state index contributed by atoms with van der Waals surface area (Å²) in [5.41, 5.74) is -2.30. The van der Waals surface area contributed by atoms with Gasteiger partial charge in [-0.1, -0.05) is 61.8 Å². The smallest absolute Gasteiger partial charge is 0.434 e. The second kappa shape index (κ2) is 11.7. The molecule has 1 aliphatic rings. The van der Waals surface area contributed by atoms with Crippen molar-refractivity contribution in [3.05, 3.63) is 0 Å². The molecular formula is C25H40O7. The minimum Gasteiger partial charge on any atom is -0.434 e. The molecule has 7 nitrogen and oxygen atoms in total. The molecule has 1 fully saturated rings. The molecule has 0 bridgehead atoms. The fourth-order valence-electron chi connectivity index (χ4n) is 3.88. The first-order valence-electron chi connectivity index (χ1n) is 11.8. The Labute approximate surface area is 192 Å². The average molecular weight is 453 g/mol. The standard InChI is InChI=1S/C25H40O7/c1-14(2)9-11-18-22(28)20(21(27)17(7)8)23(29)25(18,19(26)12-10-15(3)4)32-24(30)31-13-16(5)6/h14-18,20H,9-13H2,1-8H3/t18-,20?,25+/m0/s1. The van der Waals surface area contributed by atoms with Crippen LogP contribution in [-0.2, 0) is 28.7 Å². The summed E-state index contributed by atoms with van der Waals surface area (Å²) in [5, 5.41) is 0. The summed E-state index contributed by atoms with van der Waals surface area (Å²) in [7, 11) is 0. The van der Waals surface area contributed by atoms with Crippen LogP contribution in [0.3, 0.4) is 0 Å². The van der Waals surface area contributed by atoms with Crippen molar-refractivity contribution < 1.29 is 33.4 Å². The summed E-state index contributed by atoms with van der Waals surface area (Å²) in [6, 6.07) is 0. The highest BCUT2D eigenvalue weighted by molar-refractivity contribution is 6.34. The van der Waals surface area contributed by atoms with E-state index in [1.807, 2.05) is 41.5 Å². The number of hydrogen-bond donors (Lipinski definition) is 0. The predicted molar refractivity (Wildman–Crippen MR) is 120 cm³/mol. The quantitative estimate of drug-likeness (QED) is 0.315. The summed E-state index contributed by atoms with van der Waals surface area (Å²) in [6.07, 6.45) is -0.0173. The van der Waals surface area contributed by atoms with E-state index >= 15 is 0 Å². The van der Waals surface area contributed by atoms with Gasteiger partial charge >= 0.3 is 6.16 Å². The molecule has 0 aromatic heterocycles. The summed E-state index contributed by atoms with van der Waals surface area (Å²) in [4.78, 5) is 65.8. The Balaban J connectivity index is 3.52. The molecule has 0 radical (unpaired) electrons. The molecule has 1 saturated carbocycles. The van der Waals surface area contributed by atoms with Gasteiger partial charge < -0.3 is 9.47 Å². The highest BCUT2D eigenvalue weighted by atomic mass is 16.7. The van der Waals surface area contributed by atoms with Crippen molar-refractivity contribution in [2.75, 3.05) is 6.61 Å². The van der Waals surface area contributed by atoms with Crippen molar-refractivity contribution in [2.24, 2.45) is 35.5 Å². The van der Waals surface area contributed by atoms with Crippen molar-refractivity contribution in [3.8, 4) is 0 Å². The maximum absolute atomic E-state index is 13.6. The van der Waals surface area contributed by atoms with Gasteiger partial charge in [0.05, 0.1) is 12.5 Å². The number of carbonyl (C=O) groups is 5. The van der Waals surface area contributed by atoms with Crippen LogP contribution in [-0.4, -0.2) is 41.5 Å². The Morgan fingerprint density at radius 3 is 1.91 bits per heavy atom. The SMILES string of the molecule is CC(C)CCC(=O)[C@@]1(OC(=O)OCC(C)C)C(=O)C(C(=O)C(C)C)C(=O)[C@@H]1CCC(C)C. The van der Waals surface area contributed by atoms with Crippen LogP contribution in [0.1, 0.15) is 81.1 Å². The molecule has 7 heteroatoms. The lowest BCUT2D eigenvalue weighted by atomic mass is 9.79. The first-order valence-corrected chi connectivity index (χ1v) is 11.8. The molecule has 3 atom stereocenters. The Bertz CT molecular complexity index is 720. The highest BCUT2D eigenvalue weighted by Crippen LogP contribution is 2.43. The van der Waals surface area contributed by atoms with Gasteiger partial charge in [0.2, 0.25) is 11.4 Å². The van der Waals surface area contributed by atoms with E-state index in [-0.39, 0.29) is 37.2 Å². The van der Waals surface area contributed by atoms with E-state index in [0.29, 0.717) is 12.8 Å². The van der Waals surface area contributed by atoms with Crippen LogP contribution in [0.4, 0.5) is 4.79 Å². The van der Waals surface area contributed by atoms with Gasteiger partial charge in [0.25, 0.3) is 0 Å². The van der Waals surface area contributed by atoms with E-state index in [2.05, 4.69) is 0 Å². The van der Waals surface area contributed by atoms with Gasteiger partial charge in [-0.2, -0.15) is 0 Å².